The van der Waals surface area contributed by atoms with E-state index in [1.54, 1.807) is 0 Å². The molecule has 0 aliphatic rings. The molecule has 0 aromatic carbocycles. The molecule has 3 N–H and O–H groups in total. The Labute approximate surface area is 243 Å². The lowest BCUT2D eigenvalue weighted by molar-refractivity contribution is -0.123. The molecule has 0 rings (SSSR count). The smallest absolute Gasteiger partial charge is 0.220 e. The van der Waals surface area contributed by atoms with Crippen LogP contribution >= 0.6 is 0 Å². The first-order valence-corrected chi connectivity index (χ1v) is 17.1. The molecular formula is C35H67NO3. The van der Waals surface area contributed by atoms with E-state index in [2.05, 4.69) is 43.5 Å². The van der Waals surface area contributed by atoms with Gasteiger partial charge in [-0.3, -0.25) is 4.79 Å². The molecule has 2 unspecified atom stereocenters. The molecule has 0 aliphatic heterocycles. The topological polar surface area (TPSA) is 69.6 Å². The molecule has 0 fully saturated rings. The van der Waals surface area contributed by atoms with Crippen molar-refractivity contribution in [3.05, 3.63) is 24.3 Å². The third-order valence-electron chi connectivity index (χ3n) is 7.74. The minimum atomic E-state index is -0.660. The zero-order valence-corrected chi connectivity index (χ0v) is 26.2. The molecule has 39 heavy (non-hydrogen) atoms. The number of nitrogens with one attached hydrogen (secondary N) is 1. The van der Waals surface area contributed by atoms with Gasteiger partial charge in [0.2, 0.25) is 5.91 Å². The Balaban J connectivity index is 3.62. The zero-order chi connectivity index (χ0) is 28.7. The minimum Gasteiger partial charge on any atom is -0.394 e. The maximum atomic E-state index is 12.3. The average Bonchev–Trinajstić information content (AvgIpc) is 2.94. The maximum Gasteiger partial charge on any atom is 0.220 e. The van der Waals surface area contributed by atoms with Gasteiger partial charge in [0, 0.05) is 6.42 Å². The predicted octanol–water partition coefficient (Wildman–Crippen LogP) is 9.73. The highest BCUT2D eigenvalue weighted by Crippen LogP contribution is 2.14. The summed E-state index contributed by atoms with van der Waals surface area (Å²) in [6, 6.07) is -0.538. The average molecular weight is 550 g/mol. The highest BCUT2D eigenvalue weighted by molar-refractivity contribution is 5.76. The molecule has 4 nitrogen and oxygen atoms in total. The number of hydrogen-bond acceptors (Lipinski definition) is 3. The van der Waals surface area contributed by atoms with Gasteiger partial charge in [0.25, 0.3) is 0 Å². The van der Waals surface area contributed by atoms with Crippen LogP contribution in [0.15, 0.2) is 24.3 Å². The van der Waals surface area contributed by atoms with Crippen LogP contribution in [-0.4, -0.2) is 34.9 Å². The Morgan fingerprint density at radius 3 is 1.54 bits per heavy atom. The van der Waals surface area contributed by atoms with Gasteiger partial charge in [-0.05, 0) is 38.5 Å². The van der Waals surface area contributed by atoms with E-state index in [0.29, 0.717) is 12.8 Å². The summed E-state index contributed by atoms with van der Waals surface area (Å²) >= 11 is 0. The molecule has 1 amide bonds. The molecule has 0 radical (unpaired) electrons. The summed E-state index contributed by atoms with van der Waals surface area (Å²) in [6.07, 6.45) is 37.9. The van der Waals surface area contributed by atoms with Crippen LogP contribution in [0.1, 0.15) is 174 Å². The largest absolute Gasteiger partial charge is 0.394 e. The van der Waals surface area contributed by atoms with Crippen LogP contribution in [0, 0.1) is 0 Å². The normalized spacial score (nSPS) is 13.4. The van der Waals surface area contributed by atoms with E-state index in [1.165, 1.54) is 116 Å². The molecular weight excluding hydrogens is 482 g/mol. The van der Waals surface area contributed by atoms with Crippen LogP contribution in [0.4, 0.5) is 0 Å². The van der Waals surface area contributed by atoms with Crippen LogP contribution in [0.25, 0.3) is 0 Å². The van der Waals surface area contributed by atoms with Crippen molar-refractivity contribution in [3.63, 3.8) is 0 Å². The van der Waals surface area contributed by atoms with E-state index >= 15 is 0 Å². The number of allylic oxidation sites excluding steroid dienone is 4. The van der Waals surface area contributed by atoms with Crippen molar-refractivity contribution in [3.8, 4) is 0 Å². The number of unbranched alkanes of at least 4 members (excludes halogenated alkanes) is 20. The molecule has 0 heterocycles. The van der Waals surface area contributed by atoms with Crippen molar-refractivity contribution >= 4 is 5.91 Å². The van der Waals surface area contributed by atoms with Crippen LogP contribution in [0.5, 0.6) is 0 Å². The highest BCUT2D eigenvalue weighted by atomic mass is 16.3. The molecule has 0 saturated carbocycles. The Morgan fingerprint density at radius 2 is 1.03 bits per heavy atom. The van der Waals surface area contributed by atoms with Gasteiger partial charge < -0.3 is 15.5 Å². The summed E-state index contributed by atoms with van der Waals surface area (Å²) in [4.78, 5) is 12.3. The first-order valence-electron chi connectivity index (χ1n) is 17.1. The van der Waals surface area contributed by atoms with E-state index in [9.17, 15) is 15.0 Å². The fourth-order valence-corrected chi connectivity index (χ4v) is 5.05. The van der Waals surface area contributed by atoms with Gasteiger partial charge in [0.1, 0.15) is 0 Å². The Morgan fingerprint density at radius 1 is 0.615 bits per heavy atom. The fraction of sp³-hybridized carbons (Fsp3) is 0.857. The second-order valence-electron chi connectivity index (χ2n) is 11.6. The van der Waals surface area contributed by atoms with Crippen molar-refractivity contribution in [1.29, 1.82) is 0 Å². The van der Waals surface area contributed by atoms with E-state index in [-0.39, 0.29) is 12.5 Å². The van der Waals surface area contributed by atoms with Gasteiger partial charge in [-0.15, -0.1) is 0 Å². The Hall–Kier alpha value is -1.13. The van der Waals surface area contributed by atoms with Crippen molar-refractivity contribution in [2.45, 2.75) is 187 Å². The van der Waals surface area contributed by atoms with Crippen molar-refractivity contribution in [2.75, 3.05) is 6.61 Å². The Bertz CT molecular complexity index is 560. The molecule has 0 bridgehead atoms. The van der Waals surface area contributed by atoms with Gasteiger partial charge in [-0.1, -0.05) is 154 Å². The summed E-state index contributed by atoms with van der Waals surface area (Å²) in [7, 11) is 0. The van der Waals surface area contributed by atoms with Gasteiger partial charge in [0.05, 0.1) is 18.8 Å². The van der Waals surface area contributed by atoms with E-state index < -0.39 is 12.1 Å². The maximum absolute atomic E-state index is 12.3. The molecule has 0 saturated heterocycles. The molecule has 4 heteroatoms. The summed E-state index contributed by atoms with van der Waals surface area (Å²) < 4.78 is 0. The second kappa shape index (κ2) is 31.4. The van der Waals surface area contributed by atoms with Crippen LogP contribution in [0.3, 0.4) is 0 Å². The van der Waals surface area contributed by atoms with E-state index in [0.717, 1.165) is 32.1 Å². The number of amides is 1. The lowest BCUT2D eigenvalue weighted by Gasteiger charge is -2.22. The molecule has 230 valence electrons. The van der Waals surface area contributed by atoms with Crippen molar-refractivity contribution in [2.24, 2.45) is 0 Å². The molecule has 2 atom stereocenters. The first-order chi connectivity index (χ1) is 19.2. The summed E-state index contributed by atoms with van der Waals surface area (Å²) in [5.74, 6) is -0.0457. The molecule has 0 aromatic rings. The summed E-state index contributed by atoms with van der Waals surface area (Å²) in [6.45, 7) is 4.30. The SMILES string of the molecule is CCCCC/C=C\C=C/CCCCCCCCC(=O)NC(CO)C(O)CCCCCCCCCCCCCC. The van der Waals surface area contributed by atoms with Crippen LogP contribution < -0.4 is 5.32 Å². The quantitative estimate of drug-likeness (QED) is 0.0617. The van der Waals surface area contributed by atoms with Gasteiger partial charge in [-0.2, -0.15) is 0 Å². The monoisotopic (exact) mass is 550 g/mol. The minimum absolute atomic E-state index is 0.0457. The Kier molecular flexibility index (Phi) is 30.5. The van der Waals surface area contributed by atoms with Gasteiger partial charge in [0.15, 0.2) is 0 Å². The van der Waals surface area contributed by atoms with Gasteiger partial charge in [-0.25, -0.2) is 0 Å². The number of hydrogen-bond donors (Lipinski definition) is 3. The predicted molar refractivity (Wildman–Crippen MR) is 170 cm³/mol. The zero-order valence-electron chi connectivity index (χ0n) is 26.2. The van der Waals surface area contributed by atoms with Crippen LogP contribution in [0.2, 0.25) is 0 Å². The lowest BCUT2D eigenvalue weighted by Crippen LogP contribution is -2.45. The standard InChI is InChI=1S/C35H67NO3/c1-3-5-7-9-11-13-15-17-18-19-21-23-25-27-29-31-35(39)36-33(32-37)34(38)30-28-26-24-22-20-16-14-12-10-8-6-4-2/h11,13,15,17,33-34,37-38H,3-10,12,14,16,18-32H2,1-2H3,(H,36,39)/b13-11-,17-15-. The van der Waals surface area contributed by atoms with Gasteiger partial charge >= 0.3 is 0 Å². The van der Waals surface area contributed by atoms with Crippen molar-refractivity contribution in [1.82, 2.24) is 5.32 Å². The molecule has 0 spiro atoms. The first kappa shape index (κ1) is 37.9. The highest BCUT2D eigenvalue weighted by Gasteiger charge is 2.19. The summed E-state index contributed by atoms with van der Waals surface area (Å²) in [5, 5.41) is 23.0. The second-order valence-corrected chi connectivity index (χ2v) is 11.6. The number of aliphatic hydroxyl groups is 2. The molecule has 0 aromatic heterocycles. The number of carbonyl (C=O) groups excluding carboxylic acids is 1. The lowest BCUT2D eigenvalue weighted by atomic mass is 10.0. The van der Waals surface area contributed by atoms with E-state index in [1.807, 2.05) is 0 Å². The summed E-state index contributed by atoms with van der Waals surface area (Å²) in [5.41, 5.74) is 0. The number of carbonyl (C=O) groups is 1. The van der Waals surface area contributed by atoms with Crippen molar-refractivity contribution < 1.29 is 15.0 Å². The third kappa shape index (κ3) is 28.2. The van der Waals surface area contributed by atoms with E-state index in [4.69, 9.17) is 0 Å². The number of aliphatic hydroxyl groups excluding tert-OH is 2. The fourth-order valence-electron chi connectivity index (χ4n) is 5.05. The molecule has 0 aliphatic carbocycles. The third-order valence-corrected chi connectivity index (χ3v) is 7.74. The number of rotatable bonds is 30. The van der Waals surface area contributed by atoms with Crippen LogP contribution in [-0.2, 0) is 4.79 Å².